The van der Waals surface area contributed by atoms with Crippen molar-refractivity contribution in [3.63, 3.8) is 0 Å². The van der Waals surface area contributed by atoms with Crippen LogP contribution in [0.1, 0.15) is 25.7 Å². The number of rotatable bonds is 2. The summed E-state index contributed by atoms with van der Waals surface area (Å²) in [6, 6.07) is 5.69. The van der Waals surface area contributed by atoms with Gasteiger partial charge in [-0.25, -0.2) is 4.98 Å². The number of fused-ring (bicyclic) bond motifs is 2. The van der Waals surface area contributed by atoms with Crippen molar-refractivity contribution >= 4 is 11.7 Å². The van der Waals surface area contributed by atoms with E-state index in [9.17, 15) is 4.79 Å². The van der Waals surface area contributed by atoms with Crippen LogP contribution in [-0.2, 0) is 4.79 Å². The molecule has 1 aromatic rings. The van der Waals surface area contributed by atoms with Crippen LogP contribution < -0.4 is 4.90 Å². The van der Waals surface area contributed by atoms with Crippen LogP contribution in [-0.4, -0.2) is 17.9 Å². The summed E-state index contributed by atoms with van der Waals surface area (Å²) in [5.74, 6) is 2.72. The van der Waals surface area contributed by atoms with Gasteiger partial charge in [-0.15, -0.1) is 0 Å². The number of hydrogen-bond donors (Lipinski definition) is 0. The second kappa shape index (κ2) is 4.13. The van der Waals surface area contributed by atoms with E-state index in [1.54, 1.807) is 11.1 Å². The zero-order valence-electron chi connectivity index (χ0n) is 10.2. The molecule has 1 amide bonds. The molecule has 17 heavy (non-hydrogen) atoms. The highest BCUT2D eigenvalue weighted by atomic mass is 16.2. The normalized spacial score (nSPS) is 30.5. The molecule has 1 aromatic heterocycles. The van der Waals surface area contributed by atoms with Crippen molar-refractivity contribution in [2.45, 2.75) is 25.7 Å². The highest BCUT2D eigenvalue weighted by Gasteiger charge is 2.44. The third kappa shape index (κ3) is 1.84. The Bertz CT molecular complexity index is 417. The lowest BCUT2D eigenvalue weighted by Crippen LogP contribution is -2.35. The molecule has 2 fully saturated rings. The molecule has 0 unspecified atom stereocenters. The van der Waals surface area contributed by atoms with Crippen LogP contribution in [0.3, 0.4) is 0 Å². The summed E-state index contributed by atoms with van der Waals surface area (Å²) >= 11 is 0. The van der Waals surface area contributed by atoms with E-state index in [0.29, 0.717) is 5.92 Å². The predicted molar refractivity (Wildman–Crippen MR) is 66.6 cm³/mol. The van der Waals surface area contributed by atoms with E-state index in [1.165, 1.54) is 19.3 Å². The van der Waals surface area contributed by atoms with Gasteiger partial charge in [-0.2, -0.15) is 0 Å². The highest BCUT2D eigenvalue weighted by Crippen LogP contribution is 2.48. The minimum absolute atomic E-state index is 0.251. The molecule has 3 nitrogen and oxygen atoms in total. The van der Waals surface area contributed by atoms with Gasteiger partial charge in [0.05, 0.1) is 0 Å². The first kappa shape index (κ1) is 10.8. The van der Waals surface area contributed by atoms with Gasteiger partial charge >= 0.3 is 0 Å². The molecule has 2 aliphatic rings. The topological polar surface area (TPSA) is 33.2 Å². The SMILES string of the molecule is CN(C(=O)[C@H]1C[C@H]2CC[C@@H]1C2)c1ccccn1. The number of pyridine rings is 1. The summed E-state index contributed by atoms with van der Waals surface area (Å²) in [5.41, 5.74) is 0. The fraction of sp³-hybridized carbons (Fsp3) is 0.571. The van der Waals surface area contributed by atoms with Crippen LogP contribution in [0, 0.1) is 17.8 Å². The zero-order valence-corrected chi connectivity index (χ0v) is 10.2. The second-order valence-electron chi connectivity index (χ2n) is 5.37. The Hall–Kier alpha value is -1.38. The number of amides is 1. The molecule has 3 heteroatoms. The molecule has 0 radical (unpaired) electrons. The monoisotopic (exact) mass is 230 g/mol. The molecule has 0 aliphatic heterocycles. The first-order chi connectivity index (χ1) is 8.25. The van der Waals surface area contributed by atoms with E-state index in [2.05, 4.69) is 4.98 Å². The summed E-state index contributed by atoms with van der Waals surface area (Å²) in [7, 11) is 1.84. The van der Waals surface area contributed by atoms with Crippen molar-refractivity contribution in [2.75, 3.05) is 11.9 Å². The predicted octanol–water partition coefficient (Wildman–Crippen LogP) is 2.48. The maximum Gasteiger partial charge on any atom is 0.231 e. The van der Waals surface area contributed by atoms with Gasteiger partial charge in [-0.1, -0.05) is 12.5 Å². The van der Waals surface area contributed by atoms with E-state index in [4.69, 9.17) is 0 Å². The number of carbonyl (C=O) groups is 1. The second-order valence-corrected chi connectivity index (χ2v) is 5.37. The molecule has 0 saturated heterocycles. The van der Waals surface area contributed by atoms with E-state index in [-0.39, 0.29) is 11.8 Å². The molecular formula is C14H18N2O. The highest BCUT2D eigenvalue weighted by molar-refractivity contribution is 5.94. The lowest BCUT2D eigenvalue weighted by atomic mass is 9.88. The fourth-order valence-corrected chi connectivity index (χ4v) is 3.46. The van der Waals surface area contributed by atoms with Gasteiger partial charge in [-0.3, -0.25) is 9.69 Å². The summed E-state index contributed by atoms with van der Waals surface area (Å²) in [4.78, 5) is 18.4. The summed E-state index contributed by atoms with van der Waals surface area (Å²) in [5, 5.41) is 0. The van der Waals surface area contributed by atoms with E-state index < -0.39 is 0 Å². The number of carbonyl (C=O) groups excluding carboxylic acids is 1. The Morgan fingerprint density at radius 2 is 2.24 bits per heavy atom. The van der Waals surface area contributed by atoms with Gasteiger partial charge in [0.1, 0.15) is 5.82 Å². The standard InChI is InChI=1S/C14H18N2O/c1-16(13-4-2-3-7-15-13)14(17)12-9-10-5-6-11(12)8-10/h2-4,7,10-12H,5-6,8-9H2,1H3/t10-,11+,12-/m0/s1. The van der Waals surface area contributed by atoms with Gasteiger partial charge < -0.3 is 0 Å². The van der Waals surface area contributed by atoms with Crippen LogP contribution >= 0.6 is 0 Å². The summed E-state index contributed by atoms with van der Waals surface area (Å²) < 4.78 is 0. The third-order valence-electron chi connectivity index (χ3n) is 4.38. The quantitative estimate of drug-likeness (QED) is 0.782. The Kier molecular flexibility index (Phi) is 2.61. The molecule has 90 valence electrons. The van der Waals surface area contributed by atoms with E-state index in [1.807, 2.05) is 25.2 Å². The minimum atomic E-state index is 0.251. The Morgan fingerprint density at radius 1 is 1.35 bits per heavy atom. The molecule has 1 heterocycles. The number of aromatic nitrogens is 1. The minimum Gasteiger partial charge on any atom is -0.300 e. The Balaban J connectivity index is 1.74. The van der Waals surface area contributed by atoms with Crippen LogP contribution in [0.15, 0.2) is 24.4 Å². The molecule has 0 spiro atoms. The van der Waals surface area contributed by atoms with Crippen molar-refractivity contribution in [3.05, 3.63) is 24.4 Å². The maximum absolute atomic E-state index is 12.4. The third-order valence-corrected chi connectivity index (χ3v) is 4.38. The average Bonchev–Trinajstić information content (AvgIpc) is 3.00. The van der Waals surface area contributed by atoms with Gasteiger partial charge in [0.25, 0.3) is 0 Å². The molecule has 2 saturated carbocycles. The number of hydrogen-bond acceptors (Lipinski definition) is 2. The first-order valence-electron chi connectivity index (χ1n) is 6.44. The lowest BCUT2D eigenvalue weighted by Gasteiger charge is -2.25. The van der Waals surface area contributed by atoms with Crippen molar-refractivity contribution in [1.82, 2.24) is 4.98 Å². The molecule has 3 rings (SSSR count). The number of anilines is 1. The zero-order chi connectivity index (χ0) is 11.8. The van der Waals surface area contributed by atoms with Crippen molar-refractivity contribution in [3.8, 4) is 0 Å². The van der Waals surface area contributed by atoms with Gasteiger partial charge in [0.15, 0.2) is 0 Å². The van der Waals surface area contributed by atoms with Crippen molar-refractivity contribution in [1.29, 1.82) is 0 Å². The fourth-order valence-electron chi connectivity index (χ4n) is 3.46. The van der Waals surface area contributed by atoms with E-state index >= 15 is 0 Å². The largest absolute Gasteiger partial charge is 0.300 e. The first-order valence-corrected chi connectivity index (χ1v) is 6.44. The lowest BCUT2D eigenvalue weighted by molar-refractivity contribution is -0.123. The Labute approximate surface area is 102 Å². The number of nitrogens with zero attached hydrogens (tertiary/aromatic N) is 2. The van der Waals surface area contributed by atoms with Gasteiger partial charge in [0, 0.05) is 19.2 Å². The van der Waals surface area contributed by atoms with Crippen LogP contribution in [0.5, 0.6) is 0 Å². The van der Waals surface area contributed by atoms with Crippen molar-refractivity contribution in [2.24, 2.45) is 17.8 Å². The van der Waals surface area contributed by atoms with Crippen LogP contribution in [0.4, 0.5) is 5.82 Å². The van der Waals surface area contributed by atoms with Gasteiger partial charge in [0.2, 0.25) is 5.91 Å². The molecule has 2 aliphatic carbocycles. The van der Waals surface area contributed by atoms with E-state index in [0.717, 1.165) is 18.2 Å². The van der Waals surface area contributed by atoms with Crippen LogP contribution in [0.25, 0.3) is 0 Å². The molecule has 0 aromatic carbocycles. The molecular weight excluding hydrogens is 212 g/mol. The smallest absolute Gasteiger partial charge is 0.231 e. The molecule has 0 N–H and O–H groups in total. The Morgan fingerprint density at radius 3 is 2.82 bits per heavy atom. The summed E-state index contributed by atoms with van der Waals surface area (Å²) in [6.45, 7) is 0. The molecule has 2 bridgehead atoms. The molecule has 3 atom stereocenters. The van der Waals surface area contributed by atoms with Gasteiger partial charge in [-0.05, 0) is 43.2 Å². The average molecular weight is 230 g/mol. The summed E-state index contributed by atoms with van der Waals surface area (Å²) in [6.07, 6.45) is 6.69. The van der Waals surface area contributed by atoms with Crippen LogP contribution in [0.2, 0.25) is 0 Å². The maximum atomic E-state index is 12.4. The van der Waals surface area contributed by atoms with Crippen molar-refractivity contribution < 1.29 is 4.79 Å².